The average molecular weight is 1450 g/mol. The Kier molecular flexibility index (Phi) is 38.5. The Morgan fingerprint density at radius 1 is 0.569 bits per heavy atom. The summed E-state index contributed by atoms with van der Waals surface area (Å²) in [4.78, 5) is 218. The Morgan fingerprint density at radius 2 is 1.04 bits per heavy atom. The zero-order chi connectivity index (χ0) is 77.1. The lowest BCUT2D eigenvalue weighted by atomic mass is 9.97. The minimum absolute atomic E-state index is 0.0178. The summed E-state index contributed by atoms with van der Waals surface area (Å²) < 4.78 is 0. The fourth-order valence-corrected chi connectivity index (χ4v) is 10.2. The van der Waals surface area contributed by atoms with Gasteiger partial charge in [0.05, 0.1) is 39.1 Å². The lowest BCUT2D eigenvalue weighted by Gasteiger charge is -2.31. The Labute approximate surface area is 589 Å². The van der Waals surface area contributed by atoms with Gasteiger partial charge in [-0.2, -0.15) is 0 Å². The molecule has 41 heteroatoms. The van der Waals surface area contributed by atoms with Crippen LogP contribution >= 0.6 is 0 Å². The van der Waals surface area contributed by atoms with Crippen molar-refractivity contribution in [3.63, 3.8) is 0 Å². The summed E-state index contributed by atoms with van der Waals surface area (Å²) in [5, 5.41) is 58.1. The van der Waals surface area contributed by atoms with Crippen LogP contribution in [0.25, 0.3) is 0 Å². The van der Waals surface area contributed by atoms with Gasteiger partial charge in [0.25, 0.3) is 0 Å². The number of primary amides is 1. The molecule has 1 aromatic heterocycles. The number of rotatable bonds is 46. The summed E-state index contributed by atoms with van der Waals surface area (Å²) in [5.74, 6) is -16.2. The molecule has 1 saturated heterocycles. The summed E-state index contributed by atoms with van der Waals surface area (Å²) in [6.07, 6.45) is 1.75. The molecule has 1 aliphatic heterocycles. The van der Waals surface area contributed by atoms with Crippen LogP contribution in [0.15, 0.2) is 22.5 Å². The molecule has 28 N–H and O–H groups in total. The number of nitrogens with zero attached hydrogens (tertiary/aromatic N) is 4. The second kappa shape index (κ2) is 44.7. The minimum atomic E-state index is -1.86. The SMILES string of the molecule is CC[C@H](C)[C@H](NC(=O)[C@H](C)NC(=O)CN)C(=O)N[C@@H](CO)C(=O)N[C@@H](C)C(=O)N[C@@H](Cc1cnc[nH]1)C(=O)N[C@@H](CCCN=C(N)N)C(=O)N[C@@H](CC(N)=O)C(=O)N[C@@H](CC(C)C)C(=O)N[C@@H](CCCN=C(N)N)C(=O)N[C@@H](CC(C)C)C(=O)N1CCC[C@H]1C(=O)NCC(=O)N[C@@H](CO)C(=O)O. The molecule has 0 aliphatic carbocycles. The first-order valence-electron chi connectivity index (χ1n) is 33.4. The number of carboxylic acid groups (broad SMARTS) is 1. The summed E-state index contributed by atoms with van der Waals surface area (Å²) in [7, 11) is 0. The van der Waals surface area contributed by atoms with Crippen molar-refractivity contribution in [3.8, 4) is 0 Å². The zero-order valence-corrected chi connectivity index (χ0v) is 58.8. The number of aliphatic carboxylic acids is 1. The van der Waals surface area contributed by atoms with Gasteiger partial charge in [-0.25, -0.2) is 9.78 Å². The molecule has 0 aromatic carbocycles. The molecule has 13 atom stereocenters. The summed E-state index contributed by atoms with van der Waals surface area (Å²) >= 11 is 0. The number of carbonyl (C=O) groups excluding carboxylic acids is 14. The van der Waals surface area contributed by atoms with Gasteiger partial charge in [-0.3, -0.25) is 77.1 Å². The second-order valence-corrected chi connectivity index (χ2v) is 25.4. The van der Waals surface area contributed by atoms with Gasteiger partial charge in [-0.1, -0.05) is 48.0 Å². The predicted octanol–water partition coefficient (Wildman–Crippen LogP) is -9.42. The van der Waals surface area contributed by atoms with Crippen molar-refractivity contribution in [2.45, 2.75) is 199 Å². The number of imidazole rings is 1. The molecule has 1 aliphatic rings. The van der Waals surface area contributed by atoms with E-state index in [2.05, 4.69) is 83.8 Å². The number of nitrogens with one attached hydrogen (secondary N) is 13. The quantitative estimate of drug-likeness (QED) is 0.0164. The minimum Gasteiger partial charge on any atom is -0.480 e. The van der Waals surface area contributed by atoms with Gasteiger partial charge in [0.1, 0.15) is 72.5 Å². The number of carbonyl (C=O) groups is 15. The highest BCUT2D eigenvalue weighted by Gasteiger charge is 2.41. The molecule has 0 radical (unpaired) electrons. The number of hydrogen-bond donors (Lipinski definition) is 22. The third-order valence-electron chi connectivity index (χ3n) is 15.9. The summed E-state index contributed by atoms with van der Waals surface area (Å²) in [6, 6.07) is -17.7. The Hall–Kier alpha value is -10.3. The van der Waals surface area contributed by atoms with Gasteiger partial charge in [0.2, 0.25) is 82.7 Å². The molecule has 41 nitrogen and oxygen atoms in total. The third kappa shape index (κ3) is 31.5. The number of likely N-dealkylation sites (tertiary alicyclic amines) is 1. The van der Waals surface area contributed by atoms with Crippen LogP contribution in [0.1, 0.15) is 125 Å². The molecular formula is C61H105N23O18. The maximum absolute atomic E-state index is 14.5. The van der Waals surface area contributed by atoms with E-state index in [0.717, 1.165) is 0 Å². The smallest absolute Gasteiger partial charge is 0.328 e. The van der Waals surface area contributed by atoms with E-state index in [1.54, 1.807) is 41.5 Å². The fraction of sp³-hybridized carbons (Fsp3) is 0.672. The van der Waals surface area contributed by atoms with Crippen LogP contribution in [0, 0.1) is 17.8 Å². The Bertz CT molecular complexity index is 3090. The second-order valence-electron chi connectivity index (χ2n) is 25.4. The van der Waals surface area contributed by atoms with Crippen molar-refractivity contribution in [1.29, 1.82) is 0 Å². The first-order valence-corrected chi connectivity index (χ1v) is 33.4. The van der Waals surface area contributed by atoms with Crippen molar-refractivity contribution >= 4 is 101 Å². The van der Waals surface area contributed by atoms with Gasteiger partial charge >= 0.3 is 5.97 Å². The van der Waals surface area contributed by atoms with Crippen LogP contribution in [-0.4, -0.2) is 249 Å². The largest absolute Gasteiger partial charge is 0.480 e. The van der Waals surface area contributed by atoms with E-state index in [9.17, 15) is 87.2 Å². The average Bonchev–Trinajstić information content (AvgIpc) is 1.60. The number of nitrogens with two attached hydrogens (primary N) is 6. The maximum Gasteiger partial charge on any atom is 0.328 e. The summed E-state index contributed by atoms with van der Waals surface area (Å²) in [5.41, 5.74) is 33.4. The number of amides is 14. The molecule has 102 heavy (non-hydrogen) atoms. The van der Waals surface area contributed by atoms with Crippen molar-refractivity contribution in [2.24, 2.45) is 62.1 Å². The molecule has 1 fully saturated rings. The van der Waals surface area contributed by atoms with Gasteiger partial charge in [0, 0.05) is 37.9 Å². The number of aromatic nitrogens is 2. The fourth-order valence-electron chi connectivity index (χ4n) is 10.2. The molecule has 2 rings (SSSR count). The van der Waals surface area contributed by atoms with Crippen LogP contribution in [0.2, 0.25) is 0 Å². The lowest BCUT2D eigenvalue weighted by Crippen LogP contribution is -2.61. The number of aliphatic hydroxyl groups excluding tert-OH is 2. The molecule has 0 bridgehead atoms. The normalized spacial score (nSPS) is 16.1. The molecule has 0 unspecified atom stereocenters. The van der Waals surface area contributed by atoms with E-state index in [0.29, 0.717) is 12.8 Å². The van der Waals surface area contributed by atoms with Crippen LogP contribution in [0.3, 0.4) is 0 Å². The number of guanidine groups is 2. The highest BCUT2D eigenvalue weighted by molar-refractivity contribution is 6.00. The maximum atomic E-state index is 14.5. The van der Waals surface area contributed by atoms with Crippen LogP contribution in [0.4, 0.5) is 0 Å². The molecule has 572 valence electrons. The number of aliphatic hydroxyl groups is 2. The lowest BCUT2D eigenvalue weighted by molar-refractivity contribution is -0.143. The monoisotopic (exact) mass is 1450 g/mol. The molecule has 0 saturated carbocycles. The van der Waals surface area contributed by atoms with Gasteiger partial charge in [-0.15, -0.1) is 0 Å². The third-order valence-corrected chi connectivity index (χ3v) is 15.9. The van der Waals surface area contributed by atoms with E-state index in [1.807, 2.05) is 0 Å². The van der Waals surface area contributed by atoms with Crippen LogP contribution < -0.4 is 98.2 Å². The van der Waals surface area contributed by atoms with E-state index < -0.39 is 200 Å². The highest BCUT2D eigenvalue weighted by atomic mass is 16.4. The molecule has 0 spiro atoms. The standard InChI is InChI=1S/C61H105N23O18/c1-9-31(6)47(83-49(91)32(7)73-45(88)23-62)57(99)82-41(26-85)55(97)74-33(8)48(90)78-38(21-34-24-68-28-72-34)53(95)77-35(13-10-16-69-60(64)65)50(92)80-39(22-44(63)87)54(96)79-37(19-29(2)3)52(94)76-36(14-11-17-70-61(66)67)51(93)81-40(20-30(4)5)58(100)84-18-12-15-43(84)56(98)71-25-46(89)75-42(27-86)59(101)102/h24,28-33,35-43,47,85-86H,9-23,25-27,62H2,1-8H3,(H2,63,87)(H,68,72)(H,71,98)(H,73,88)(H,74,97)(H,75,89)(H,76,94)(H,77,95)(H,78,90)(H,79,96)(H,80,92)(H,81,93)(H,82,99)(H,83,91)(H,101,102)(H4,64,65,69)(H4,66,67,70)/t31-,32-,33-,35-,36-,37-,38-,39-,40-,41-,42-,43-,47-/m0/s1. The number of aliphatic imine (C=N–C) groups is 2. The zero-order valence-electron chi connectivity index (χ0n) is 58.8. The van der Waals surface area contributed by atoms with E-state index in [4.69, 9.17) is 34.4 Å². The van der Waals surface area contributed by atoms with Crippen molar-refractivity contribution in [1.82, 2.24) is 78.7 Å². The van der Waals surface area contributed by atoms with E-state index in [1.165, 1.54) is 31.3 Å². The Morgan fingerprint density at radius 3 is 1.54 bits per heavy atom. The topological polar surface area (TPSA) is 674 Å². The highest BCUT2D eigenvalue weighted by Crippen LogP contribution is 2.21. The molecule has 2 heterocycles. The van der Waals surface area contributed by atoms with Crippen molar-refractivity contribution < 1.29 is 87.2 Å². The van der Waals surface area contributed by atoms with Gasteiger partial charge in [-0.05, 0) is 83.0 Å². The molecular weight excluding hydrogens is 1340 g/mol. The van der Waals surface area contributed by atoms with Crippen LogP contribution in [0.5, 0.6) is 0 Å². The first-order chi connectivity index (χ1) is 48.0. The number of aromatic amines is 1. The van der Waals surface area contributed by atoms with Crippen molar-refractivity contribution in [3.05, 3.63) is 18.2 Å². The molecule has 1 aromatic rings. The van der Waals surface area contributed by atoms with Gasteiger partial charge < -0.3 is 123 Å². The van der Waals surface area contributed by atoms with E-state index in [-0.39, 0.29) is 100 Å². The number of hydrogen-bond acceptors (Lipinski definition) is 21. The summed E-state index contributed by atoms with van der Waals surface area (Å²) in [6.45, 7) is 9.76. The Balaban J connectivity index is 2.49. The van der Waals surface area contributed by atoms with E-state index >= 15 is 0 Å². The molecule has 14 amide bonds. The predicted molar refractivity (Wildman–Crippen MR) is 365 cm³/mol. The van der Waals surface area contributed by atoms with Gasteiger partial charge in [0.15, 0.2) is 11.9 Å². The van der Waals surface area contributed by atoms with Crippen LogP contribution in [-0.2, 0) is 78.3 Å². The first kappa shape index (κ1) is 87.8. The number of carboxylic acids is 1. The number of H-pyrrole nitrogens is 1. The van der Waals surface area contributed by atoms with Crippen molar-refractivity contribution in [2.75, 3.05) is 45.9 Å².